The fourth-order valence-corrected chi connectivity index (χ4v) is 5.65. The van der Waals surface area contributed by atoms with Gasteiger partial charge in [0.2, 0.25) is 15.9 Å². The summed E-state index contributed by atoms with van der Waals surface area (Å²) in [6.45, 7) is 0.833. The van der Waals surface area contributed by atoms with Crippen LogP contribution in [0.3, 0.4) is 0 Å². The van der Waals surface area contributed by atoms with Crippen molar-refractivity contribution in [2.45, 2.75) is 23.8 Å². The summed E-state index contributed by atoms with van der Waals surface area (Å²) in [6, 6.07) is 23.1. The van der Waals surface area contributed by atoms with Crippen LogP contribution in [0, 0.1) is 0 Å². The molecule has 182 valence electrons. The molecule has 1 heterocycles. The maximum absolute atomic E-state index is 13.1. The van der Waals surface area contributed by atoms with E-state index < -0.39 is 22.0 Å². The number of para-hydroxylation sites is 2. The number of benzene rings is 3. The van der Waals surface area contributed by atoms with Crippen LogP contribution in [0.25, 0.3) is 0 Å². The molecular formula is C26H27N3O5S. The minimum absolute atomic E-state index is 0.150. The van der Waals surface area contributed by atoms with Crippen LogP contribution in [-0.2, 0) is 14.8 Å². The first-order valence-electron chi connectivity index (χ1n) is 11.4. The largest absolute Gasteiger partial charge is 0.492 e. The van der Waals surface area contributed by atoms with E-state index in [4.69, 9.17) is 4.74 Å². The van der Waals surface area contributed by atoms with Crippen molar-refractivity contribution in [1.29, 1.82) is 0 Å². The maximum atomic E-state index is 13.1. The van der Waals surface area contributed by atoms with Crippen molar-refractivity contribution in [3.05, 3.63) is 90.5 Å². The molecule has 3 aromatic rings. The Morgan fingerprint density at radius 3 is 2.31 bits per heavy atom. The molecule has 0 saturated carbocycles. The Morgan fingerprint density at radius 1 is 0.914 bits per heavy atom. The SMILES string of the molecule is O=C(NCCOc1ccccc1)c1ccccc1NC(=O)C1CCCN1S(=O)(=O)c1ccccc1. The molecule has 0 aliphatic carbocycles. The van der Waals surface area contributed by atoms with Crippen LogP contribution >= 0.6 is 0 Å². The van der Waals surface area contributed by atoms with Gasteiger partial charge in [-0.2, -0.15) is 4.31 Å². The summed E-state index contributed by atoms with van der Waals surface area (Å²) in [6.07, 6.45) is 0.983. The highest BCUT2D eigenvalue weighted by Crippen LogP contribution is 2.27. The van der Waals surface area contributed by atoms with Crippen LogP contribution in [0.5, 0.6) is 5.75 Å². The second-order valence-corrected chi connectivity index (χ2v) is 9.93. The molecule has 8 nitrogen and oxygen atoms in total. The second-order valence-electron chi connectivity index (χ2n) is 8.04. The zero-order valence-electron chi connectivity index (χ0n) is 19.1. The maximum Gasteiger partial charge on any atom is 0.253 e. The van der Waals surface area contributed by atoms with Crippen LogP contribution < -0.4 is 15.4 Å². The van der Waals surface area contributed by atoms with Crippen molar-refractivity contribution in [3.63, 3.8) is 0 Å². The standard InChI is InChI=1S/C26H27N3O5S/c30-25(27-17-19-34-20-10-3-1-4-11-20)22-14-7-8-15-23(22)28-26(31)24-16-9-18-29(24)35(32,33)21-12-5-2-6-13-21/h1-8,10-15,24H,9,16-19H2,(H,27,30)(H,28,31). The van der Waals surface area contributed by atoms with Gasteiger partial charge in [0.25, 0.3) is 5.91 Å². The Morgan fingerprint density at radius 2 is 1.57 bits per heavy atom. The Hall–Kier alpha value is -3.69. The molecule has 1 aliphatic heterocycles. The molecule has 4 rings (SSSR count). The molecule has 1 atom stereocenters. The number of anilines is 1. The van der Waals surface area contributed by atoms with Gasteiger partial charge in [0.1, 0.15) is 18.4 Å². The summed E-state index contributed by atoms with van der Waals surface area (Å²) >= 11 is 0. The number of carbonyl (C=O) groups is 2. The van der Waals surface area contributed by atoms with Gasteiger partial charge in [-0.15, -0.1) is 0 Å². The van der Waals surface area contributed by atoms with Crippen molar-refractivity contribution < 1.29 is 22.7 Å². The molecular weight excluding hydrogens is 466 g/mol. The van der Waals surface area contributed by atoms with Crippen molar-refractivity contribution in [1.82, 2.24) is 9.62 Å². The fourth-order valence-electron chi connectivity index (χ4n) is 3.97. The molecule has 0 radical (unpaired) electrons. The Balaban J connectivity index is 1.40. The molecule has 1 saturated heterocycles. The molecule has 3 aromatic carbocycles. The van der Waals surface area contributed by atoms with E-state index in [-0.39, 0.29) is 29.5 Å². The first-order valence-corrected chi connectivity index (χ1v) is 12.8. The number of hydrogen-bond donors (Lipinski definition) is 2. The predicted molar refractivity (Wildman–Crippen MR) is 133 cm³/mol. The average molecular weight is 494 g/mol. The van der Waals surface area contributed by atoms with Gasteiger partial charge < -0.3 is 15.4 Å². The molecule has 9 heteroatoms. The number of rotatable bonds is 9. The molecule has 2 amide bonds. The topological polar surface area (TPSA) is 105 Å². The fraction of sp³-hybridized carbons (Fsp3) is 0.231. The molecule has 1 unspecified atom stereocenters. The third-order valence-electron chi connectivity index (χ3n) is 5.69. The predicted octanol–water partition coefficient (Wildman–Crippen LogP) is 3.29. The van der Waals surface area contributed by atoms with Crippen molar-refractivity contribution in [2.24, 2.45) is 0 Å². The summed E-state index contributed by atoms with van der Waals surface area (Å²) in [5, 5.41) is 5.55. The highest BCUT2D eigenvalue weighted by molar-refractivity contribution is 7.89. The van der Waals surface area contributed by atoms with E-state index in [1.165, 1.54) is 16.4 Å². The highest BCUT2D eigenvalue weighted by Gasteiger charge is 2.39. The lowest BCUT2D eigenvalue weighted by atomic mass is 10.1. The number of nitrogens with one attached hydrogen (secondary N) is 2. The molecule has 1 fully saturated rings. The van der Waals surface area contributed by atoms with E-state index in [1.54, 1.807) is 42.5 Å². The first-order chi connectivity index (χ1) is 17.0. The Bertz CT molecular complexity index is 1270. The Labute approximate surface area is 205 Å². The number of sulfonamides is 1. The summed E-state index contributed by atoms with van der Waals surface area (Å²) < 4.78 is 33.0. The number of hydrogen-bond acceptors (Lipinski definition) is 5. The van der Waals surface area contributed by atoms with Crippen molar-refractivity contribution in [2.75, 3.05) is 25.0 Å². The number of nitrogens with zero attached hydrogens (tertiary/aromatic N) is 1. The average Bonchev–Trinajstić information content (AvgIpc) is 3.39. The first kappa shape index (κ1) is 24.4. The zero-order valence-corrected chi connectivity index (χ0v) is 19.9. The lowest BCUT2D eigenvalue weighted by Gasteiger charge is -2.24. The van der Waals surface area contributed by atoms with E-state index in [1.807, 2.05) is 30.3 Å². The third kappa shape index (κ3) is 5.87. The third-order valence-corrected chi connectivity index (χ3v) is 7.61. The van der Waals surface area contributed by atoms with E-state index in [0.29, 0.717) is 30.9 Å². The minimum atomic E-state index is -3.81. The minimum Gasteiger partial charge on any atom is -0.492 e. The molecule has 0 spiro atoms. The summed E-state index contributed by atoms with van der Waals surface area (Å²) in [5.74, 6) is -0.117. The summed E-state index contributed by atoms with van der Waals surface area (Å²) in [4.78, 5) is 26.0. The normalized spacial score (nSPS) is 15.9. The van der Waals surface area contributed by atoms with Gasteiger partial charge in [-0.25, -0.2) is 8.42 Å². The molecule has 1 aliphatic rings. The quantitative estimate of drug-likeness (QED) is 0.445. The second kappa shape index (κ2) is 11.2. The lowest BCUT2D eigenvalue weighted by molar-refractivity contribution is -0.119. The van der Waals surface area contributed by atoms with Gasteiger partial charge in [-0.1, -0.05) is 48.5 Å². The van der Waals surface area contributed by atoms with Gasteiger partial charge >= 0.3 is 0 Å². The molecule has 35 heavy (non-hydrogen) atoms. The van der Waals surface area contributed by atoms with E-state index >= 15 is 0 Å². The monoisotopic (exact) mass is 493 g/mol. The van der Waals surface area contributed by atoms with E-state index in [0.717, 1.165) is 0 Å². The van der Waals surface area contributed by atoms with Crippen LogP contribution in [0.15, 0.2) is 89.8 Å². The number of amides is 2. The number of ether oxygens (including phenoxy) is 1. The van der Waals surface area contributed by atoms with E-state index in [9.17, 15) is 18.0 Å². The summed E-state index contributed by atoms with van der Waals surface area (Å²) in [7, 11) is -3.81. The van der Waals surface area contributed by atoms with Crippen molar-refractivity contribution >= 4 is 27.5 Å². The van der Waals surface area contributed by atoms with Gasteiger partial charge in [0, 0.05) is 6.54 Å². The lowest BCUT2D eigenvalue weighted by Crippen LogP contribution is -2.43. The summed E-state index contributed by atoms with van der Waals surface area (Å²) in [5.41, 5.74) is 0.610. The van der Waals surface area contributed by atoms with Crippen LogP contribution in [0.2, 0.25) is 0 Å². The smallest absolute Gasteiger partial charge is 0.253 e. The highest BCUT2D eigenvalue weighted by atomic mass is 32.2. The molecule has 0 aromatic heterocycles. The van der Waals surface area contributed by atoms with Crippen LogP contribution in [-0.4, -0.2) is 50.3 Å². The van der Waals surface area contributed by atoms with Crippen molar-refractivity contribution in [3.8, 4) is 5.75 Å². The van der Waals surface area contributed by atoms with Crippen LogP contribution in [0.1, 0.15) is 23.2 Å². The van der Waals surface area contributed by atoms with E-state index in [2.05, 4.69) is 10.6 Å². The Kier molecular flexibility index (Phi) is 7.79. The van der Waals surface area contributed by atoms with Gasteiger partial charge in [-0.05, 0) is 49.2 Å². The number of carbonyl (C=O) groups excluding carboxylic acids is 2. The van der Waals surface area contributed by atoms with Gasteiger partial charge in [0.15, 0.2) is 0 Å². The van der Waals surface area contributed by atoms with Gasteiger partial charge in [-0.3, -0.25) is 9.59 Å². The molecule has 0 bridgehead atoms. The van der Waals surface area contributed by atoms with Crippen LogP contribution in [0.4, 0.5) is 5.69 Å². The zero-order chi connectivity index (χ0) is 24.7. The van der Waals surface area contributed by atoms with Gasteiger partial charge in [0.05, 0.1) is 22.7 Å². The molecule has 2 N–H and O–H groups in total.